The van der Waals surface area contributed by atoms with Crippen LogP contribution < -0.4 is 4.72 Å². The molecule has 0 unspecified atom stereocenters. The summed E-state index contributed by atoms with van der Waals surface area (Å²) in [6.07, 6.45) is 2.61. The SMILES string of the molecule is COC(=O)CCN(C)S(=O)(=O)Nc1cnc(Br)cn1. The minimum Gasteiger partial charge on any atom is -0.469 e. The minimum atomic E-state index is -3.77. The van der Waals surface area contributed by atoms with Gasteiger partial charge in [0.05, 0.1) is 25.9 Å². The van der Waals surface area contributed by atoms with Crippen molar-refractivity contribution in [2.45, 2.75) is 6.42 Å². The van der Waals surface area contributed by atoms with Crippen LogP contribution in [0.4, 0.5) is 5.82 Å². The van der Waals surface area contributed by atoms with E-state index in [0.717, 1.165) is 4.31 Å². The number of rotatable bonds is 6. The summed E-state index contributed by atoms with van der Waals surface area (Å²) >= 11 is 3.09. The van der Waals surface area contributed by atoms with Crippen LogP contribution in [0.25, 0.3) is 0 Å². The van der Waals surface area contributed by atoms with Gasteiger partial charge in [0.2, 0.25) is 0 Å². The molecule has 1 N–H and O–H groups in total. The fourth-order valence-corrected chi connectivity index (χ4v) is 2.11. The van der Waals surface area contributed by atoms with Gasteiger partial charge < -0.3 is 4.74 Å². The maximum atomic E-state index is 11.9. The van der Waals surface area contributed by atoms with Crippen LogP contribution in [0.5, 0.6) is 0 Å². The van der Waals surface area contributed by atoms with Crippen LogP contribution in [0.1, 0.15) is 6.42 Å². The molecule has 10 heteroatoms. The third-order valence-electron chi connectivity index (χ3n) is 2.12. The summed E-state index contributed by atoms with van der Waals surface area (Å²) in [6, 6.07) is 0. The van der Waals surface area contributed by atoms with Gasteiger partial charge in [-0.15, -0.1) is 0 Å². The fraction of sp³-hybridized carbons (Fsp3) is 0.444. The number of anilines is 1. The first-order valence-electron chi connectivity index (χ1n) is 5.13. The van der Waals surface area contributed by atoms with Crippen LogP contribution in [-0.4, -0.2) is 49.4 Å². The second kappa shape index (κ2) is 6.78. The number of hydrogen-bond donors (Lipinski definition) is 1. The molecule has 0 saturated heterocycles. The standard InChI is InChI=1S/C9H13BrN4O4S/c1-14(4-3-9(15)18-2)19(16,17)13-8-6-11-7(10)5-12-8/h5-6H,3-4H2,1-2H3,(H,12,13). The van der Waals surface area contributed by atoms with Gasteiger partial charge in [-0.2, -0.15) is 12.7 Å². The first-order chi connectivity index (χ1) is 8.85. The topological polar surface area (TPSA) is 101 Å². The Morgan fingerprint density at radius 1 is 1.47 bits per heavy atom. The van der Waals surface area contributed by atoms with Gasteiger partial charge in [0.15, 0.2) is 5.82 Å². The van der Waals surface area contributed by atoms with E-state index in [1.807, 2.05) is 0 Å². The number of nitrogens with zero attached hydrogens (tertiary/aromatic N) is 3. The lowest BCUT2D eigenvalue weighted by Gasteiger charge is -2.16. The van der Waals surface area contributed by atoms with Crippen molar-refractivity contribution in [2.24, 2.45) is 0 Å². The highest BCUT2D eigenvalue weighted by atomic mass is 79.9. The Morgan fingerprint density at radius 3 is 2.68 bits per heavy atom. The van der Waals surface area contributed by atoms with Crippen molar-refractivity contribution in [1.82, 2.24) is 14.3 Å². The van der Waals surface area contributed by atoms with Crippen molar-refractivity contribution < 1.29 is 17.9 Å². The molecule has 19 heavy (non-hydrogen) atoms. The molecule has 1 aromatic heterocycles. The van der Waals surface area contributed by atoms with E-state index in [9.17, 15) is 13.2 Å². The molecule has 1 heterocycles. The number of methoxy groups -OCH3 is 1. The van der Waals surface area contributed by atoms with E-state index in [2.05, 4.69) is 35.4 Å². The molecule has 1 aromatic rings. The van der Waals surface area contributed by atoms with Crippen molar-refractivity contribution in [3.63, 3.8) is 0 Å². The zero-order chi connectivity index (χ0) is 14.5. The van der Waals surface area contributed by atoms with Crippen molar-refractivity contribution in [3.05, 3.63) is 17.0 Å². The van der Waals surface area contributed by atoms with E-state index in [0.29, 0.717) is 4.60 Å². The molecule has 0 aliphatic heterocycles. The summed E-state index contributed by atoms with van der Waals surface area (Å²) in [5.41, 5.74) is 0. The van der Waals surface area contributed by atoms with E-state index in [1.54, 1.807) is 0 Å². The van der Waals surface area contributed by atoms with Crippen LogP contribution >= 0.6 is 15.9 Å². The molecule has 0 bridgehead atoms. The van der Waals surface area contributed by atoms with Gasteiger partial charge >= 0.3 is 16.2 Å². The number of halogens is 1. The molecule has 0 radical (unpaired) electrons. The van der Waals surface area contributed by atoms with Gasteiger partial charge in [-0.1, -0.05) is 0 Å². The molecule has 0 atom stereocenters. The summed E-state index contributed by atoms with van der Waals surface area (Å²) in [4.78, 5) is 18.6. The Morgan fingerprint density at radius 2 is 2.16 bits per heavy atom. The van der Waals surface area contributed by atoms with Crippen LogP contribution in [0.3, 0.4) is 0 Å². The van der Waals surface area contributed by atoms with Crippen LogP contribution in [0, 0.1) is 0 Å². The third-order valence-corrected chi connectivity index (χ3v) is 4.00. The first kappa shape index (κ1) is 15.8. The second-order valence-electron chi connectivity index (χ2n) is 3.48. The number of aromatic nitrogens is 2. The van der Waals surface area contributed by atoms with Crippen LogP contribution in [-0.2, 0) is 19.7 Å². The Hall–Kier alpha value is -1.26. The zero-order valence-electron chi connectivity index (χ0n) is 10.3. The molecule has 0 aliphatic rings. The summed E-state index contributed by atoms with van der Waals surface area (Å²) in [7, 11) is -1.18. The van der Waals surface area contributed by atoms with E-state index in [4.69, 9.17) is 0 Å². The molecular formula is C9H13BrN4O4S. The van der Waals surface area contributed by atoms with Gasteiger partial charge in [0, 0.05) is 13.6 Å². The first-order valence-corrected chi connectivity index (χ1v) is 7.37. The van der Waals surface area contributed by atoms with E-state index in [-0.39, 0.29) is 18.8 Å². The summed E-state index contributed by atoms with van der Waals surface area (Å²) in [5, 5.41) is 0. The van der Waals surface area contributed by atoms with Gasteiger partial charge in [-0.3, -0.25) is 9.52 Å². The molecule has 0 spiro atoms. The summed E-state index contributed by atoms with van der Waals surface area (Å²) in [5.74, 6) is -0.390. The van der Waals surface area contributed by atoms with Crippen LogP contribution in [0.2, 0.25) is 0 Å². The molecule has 106 valence electrons. The molecule has 0 fully saturated rings. The third kappa shape index (κ3) is 5.09. The Balaban J connectivity index is 2.64. The second-order valence-corrected chi connectivity index (χ2v) is 6.07. The molecular weight excluding hydrogens is 340 g/mol. The lowest BCUT2D eigenvalue weighted by Crippen LogP contribution is -2.34. The molecule has 0 aromatic carbocycles. The highest BCUT2D eigenvalue weighted by Crippen LogP contribution is 2.09. The Labute approximate surface area is 119 Å². The Bertz CT molecular complexity index is 534. The van der Waals surface area contributed by atoms with Gasteiger partial charge in [-0.25, -0.2) is 9.97 Å². The highest BCUT2D eigenvalue weighted by molar-refractivity contribution is 9.10. The number of esters is 1. The molecule has 8 nitrogen and oxygen atoms in total. The monoisotopic (exact) mass is 352 g/mol. The maximum Gasteiger partial charge on any atom is 0.306 e. The maximum absolute atomic E-state index is 11.9. The van der Waals surface area contributed by atoms with Crippen molar-refractivity contribution in [2.75, 3.05) is 25.4 Å². The van der Waals surface area contributed by atoms with Crippen LogP contribution in [0.15, 0.2) is 17.0 Å². The van der Waals surface area contributed by atoms with Gasteiger partial charge in [0.25, 0.3) is 0 Å². The lowest BCUT2D eigenvalue weighted by atomic mass is 10.4. The quantitative estimate of drug-likeness (QED) is 0.743. The largest absolute Gasteiger partial charge is 0.469 e. The number of carbonyl (C=O) groups is 1. The molecule has 0 amide bonds. The lowest BCUT2D eigenvalue weighted by molar-refractivity contribution is -0.140. The number of carbonyl (C=O) groups excluding carboxylic acids is 1. The number of hydrogen-bond acceptors (Lipinski definition) is 6. The smallest absolute Gasteiger partial charge is 0.306 e. The summed E-state index contributed by atoms with van der Waals surface area (Å²) in [6.45, 7) is 0.00592. The minimum absolute atomic E-state index is 0.00592. The highest BCUT2D eigenvalue weighted by Gasteiger charge is 2.19. The van der Waals surface area contributed by atoms with E-state index in [1.165, 1.54) is 26.6 Å². The van der Waals surface area contributed by atoms with E-state index < -0.39 is 16.2 Å². The predicted molar refractivity (Wildman–Crippen MR) is 71.5 cm³/mol. The van der Waals surface area contributed by atoms with Gasteiger partial charge in [-0.05, 0) is 15.9 Å². The molecule has 0 saturated carbocycles. The number of ether oxygens (including phenoxy) is 1. The fourth-order valence-electron chi connectivity index (χ4n) is 1.05. The molecule has 1 rings (SSSR count). The normalized spacial score (nSPS) is 11.4. The number of nitrogens with one attached hydrogen (secondary N) is 1. The van der Waals surface area contributed by atoms with Crippen molar-refractivity contribution in [3.8, 4) is 0 Å². The van der Waals surface area contributed by atoms with Gasteiger partial charge in [0.1, 0.15) is 4.60 Å². The van der Waals surface area contributed by atoms with E-state index >= 15 is 0 Å². The predicted octanol–water partition coefficient (Wildman–Crippen LogP) is 0.391. The van der Waals surface area contributed by atoms with Crippen molar-refractivity contribution in [1.29, 1.82) is 0 Å². The summed E-state index contributed by atoms with van der Waals surface area (Å²) < 4.78 is 31.9. The molecule has 0 aliphatic carbocycles. The van der Waals surface area contributed by atoms with Crippen molar-refractivity contribution >= 4 is 37.9 Å². The average molecular weight is 353 g/mol. The Kier molecular flexibility index (Phi) is 5.63. The average Bonchev–Trinajstić information content (AvgIpc) is 2.37. The zero-order valence-corrected chi connectivity index (χ0v) is 12.7.